The van der Waals surface area contributed by atoms with Crippen molar-refractivity contribution in [1.82, 2.24) is 15.1 Å². The van der Waals surface area contributed by atoms with E-state index in [0.717, 1.165) is 45.3 Å². The largest absolute Gasteiger partial charge is 0.373 e. The maximum Gasteiger partial charge on any atom is 0.224 e. The van der Waals surface area contributed by atoms with Gasteiger partial charge in [0.15, 0.2) is 5.96 Å². The second-order valence-electron chi connectivity index (χ2n) is 8.26. The minimum absolute atomic E-state index is 0.172. The maximum atomic E-state index is 11.6. The van der Waals surface area contributed by atoms with Crippen LogP contribution in [0.15, 0.2) is 35.3 Å². The van der Waals surface area contributed by atoms with E-state index in [-0.39, 0.29) is 12.0 Å². The van der Waals surface area contributed by atoms with Gasteiger partial charge in [0, 0.05) is 32.7 Å². The summed E-state index contributed by atoms with van der Waals surface area (Å²) >= 11 is 0. The smallest absolute Gasteiger partial charge is 0.224 e. The second-order valence-corrected chi connectivity index (χ2v) is 8.26. The Balaban J connectivity index is 1.70. The van der Waals surface area contributed by atoms with Crippen LogP contribution in [-0.2, 0) is 16.1 Å². The zero-order valence-electron chi connectivity index (χ0n) is 17.2. The zero-order chi connectivity index (χ0) is 20.1. The van der Waals surface area contributed by atoms with Crippen molar-refractivity contribution in [1.29, 1.82) is 0 Å². The summed E-state index contributed by atoms with van der Waals surface area (Å²) in [5.41, 5.74) is 6.16. The van der Waals surface area contributed by atoms with E-state index in [9.17, 15) is 4.79 Å². The van der Waals surface area contributed by atoms with E-state index in [1.165, 1.54) is 5.56 Å². The fraction of sp³-hybridized carbons (Fsp3) is 0.619. The van der Waals surface area contributed by atoms with Crippen molar-refractivity contribution in [3.63, 3.8) is 0 Å². The summed E-state index contributed by atoms with van der Waals surface area (Å²) in [6.07, 6.45) is 0.172. The standard InChI is InChI=1S/C21H33N5O2/c1-4-23-20(24-15-21(2,3)19(22)27)26-13-17-18(14-26)28-11-10-25(17)12-16-8-6-5-7-9-16/h5-9,17-18H,4,10-15H2,1-3H3,(H2,22,27)(H,23,24). The quantitative estimate of drug-likeness (QED) is 0.563. The van der Waals surface area contributed by atoms with E-state index in [0.29, 0.717) is 12.6 Å². The highest BCUT2D eigenvalue weighted by atomic mass is 16.5. The molecule has 7 heteroatoms. The molecule has 0 spiro atoms. The highest BCUT2D eigenvalue weighted by Crippen LogP contribution is 2.25. The molecule has 2 saturated heterocycles. The number of morpholine rings is 1. The first-order valence-electron chi connectivity index (χ1n) is 10.1. The average Bonchev–Trinajstić information content (AvgIpc) is 3.11. The molecule has 0 aromatic heterocycles. The summed E-state index contributed by atoms with van der Waals surface area (Å²) in [4.78, 5) is 21.1. The monoisotopic (exact) mass is 387 g/mol. The van der Waals surface area contributed by atoms with Crippen LogP contribution in [-0.4, -0.2) is 73.1 Å². The van der Waals surface area contributed by atoms with Gasteiger partial charge in [-0.1, -0.05) is 30.3 Å². The Morgan fingerprint density at radius 2 is 2.07 bits per heavy atom. The van der Waals surface area contributed by atoms with Crippen molar-refractivity contribution in [2.75, 3.05) is 39.3 Å². The molecule has 28 heavy (non-hydrogen) atoms. The number of guanidine groups is 1. The summed E-state index contributed by atoms with van der Waals surface area (Å²) < 4.78 is 6.07. The molecule has 3 rings (SSSR count). The van der Waals surface area contributed by atoms with E-state index in [1.54, 1.807) is 0 Å². The van der Waals surface area contributed by atoms with Crippen molar-refractivity contribution in [3.8, 4) is 0 Å². The Morgan fingerprint density at radius 1 is 1.32 bits per heavy atom. The molecule has 0 bridgehead atoms. The number of primary amides is 1. The minimum atomic E-state index is -0.664. The van der Waals surface area contributed by atoms with Gasteiger partial charge in [0.05, 0.1) is 30.7 Å². The third-order valence-corrected chi connectivity index (χ3v) is 5.57. The first-order valence-corrected chi connectivity index (χ1v) is 10.1. The van der Waals surface area contributed by atoms with Crippen molar-refractivity contribution in [2.24, 2.45) is 16.1 Å². The van der Waals surface area contributed by atoms with Crippen LogP contribution in [0, 0.1) is 5.41 Å². The number of nitrogens with one attached hydrogen (secondary N) is 1. The van der Waals surface area contributed by atoms with E-state index in [2.05, 4.69) is 52.4 Å². The molecule has 0 saturated carbocycles. The maximum absolute atomic E-state index is 11.6. The van der Waals surface area contributed by atoms with Gasteiger partial charge in [0.25, 0.3) is 0 Å². The van der Waals surface area contributed by atoms with Crippen LogP contribution in [0.25, 0.3) is 0 Å². The Hall–Kier alpha value is -2.12. The highest BCUT2D eigenvalue weighted by molar-refractivity contribution is 5.83. The number of likely N-dealkylation sites (tertiary alicyclic amines) is 1. The molecule has 1 aromatic carbocycles. The predicted octanol–water partition coefficient (Wildman–Crippen LogP) is 1.05. The van der Waals surface area contributed by atoms with Crippen molar-refractivity contribution in [3.05, 3.63) is 35.9 Å². The van der Waals surface area contributed by atoms with Crippen LogP contribution < -0.4 is 11.1 Å². The third-order valence-electron chi connectivity index (χ3n) is 5.57. The zero-order valence-corrected chi connectivity index (χ0v) is 17.2. The van der Waals surface area contributed by atoms with Gasteiger partial charge in [-0.3, -0.25) is 14.7 Å². The number of benzene rings is 1. The SMILES string of the molecule is CCNC(=NCC(C)(C)C(N)=O)N1CC2OCCN(Cc3ccccc3)C2C1. The van der Waals surface area contributed by atoms with Crippen molar-refractivity contribution in [2.45, 2.75) is 39.5 Å². The Bertz CT molecular complexity index is 691. The van der Waals surface area contributed by atoms with Crippen LogP contribution in [0.1, 0.15) is 26.3 Å². The fourth-order valence-electron chi connectivity index (χ4n) is 3.72. The Kier molecular flexibility index (Phi) is 6.57. The minimum Gasteiger partial charge on any atom is -0.373 e. The number of nitrogens with two attached hydrogens (primary N) is 1. The molecule has 2 atom stereocenters. The van der Waals surface area contributed by atoms with Gasteiger partial charge < -0.3 is 20.7 Å². The van der Waals surface area contributed by atoms with Gasteiger partial charge in [-0.15, -0.1) is 0 Å². The first kappa shape index (κ1) is 20.6. The van der Waals surface area contributed by atoms with Gasteiger partial charge >= 0.3 is 0 Å². The molecule has 2 aliphatic rings. The van der Waals surface area contributed by atoms with Crippen molar-refractivity contribution >= 4 is 11.9 Å². The lowest BCUT2D eigenvalue weighted by Crippen LogP contribution is -2.50. The van der Waals surface area contributed by atoms with Crippen LogP contribution in [0.2, 0.25) is 0 Å². The van der Waals surface area contributed by atoms with E-state index >= 15 is 0 Å². The van der Waals surface area contributed by atoms with Crippen molar-refractivity contribution < 1.29 is 9.53 Å². The molecule has 7 nitrogen and oxygen atoms in total. The van der Waals surface area contributed by atoms with Gasteiger partial charge in [-0.2, -0.15) is 0 Å². The number of carbonyl (C=O) groups is 1. The number of amides is 1. The summed E-state index contributed by atoms with van der Waals surface area (Å²) in [5, 5.41) is 3.36. The molecular weight excluding hydrogens is 354 g/mol. The molecule has 154 valence electrons. The lowest BCUT2D eigenvalue weighted by atomic mass is 9.93. The summed E-state index contributed by atoms with van der Waals surface area (Å²) in [6, 6.07) is 10.9. The number of nitrogens with zero attached hydrogens (tertiary/aromatic N) is 3. The molecule has 1 amide bonds. The summed E-state index contributed by atoms with van der Waals surface area (Å²) in [7, 11) is 0. The number of ether oxygens (including phenoxy) is 1. The number of aliphatic imine (C=N–C) groups is 1. The molecule has 0 radical (unpaired) electrons. The molecule has 2 fully saturated rings. The Labute approximate surface area is 167 Å². The molecule has 2 unspecified atom stereocenters. The molecule has 2 aliphatic heterocycles. The number of hydrogen-bond donors (Lipinski definition) is 2. The van der Waals surface area contributed by atoms with Crippen LogP contribution in [0.3, 0.4) is 0 Å². The Morgan fingerprint density at radius 3 is 2.75 bits per heavy atom. The van der Waals surface area contributed by atoms with Crippen LogP contribution >= 0.6 is 0 Å². The topological polar surface area (TPSA) is 83.2 Å². The summed E-state index contributed by atoms with van der Waals surface area (Å²) in [5.74, 6) is 0.494. The third kappa shape index (κ3) is 4.83. The van der Waals surface area contributed by atoms with E-state index in [4.69, 9.17) is 15.5 Å². The number of fused-ring (bicyclic) bond motifs is 1. The number of hydrogen-bond acceptors (Lipinski definition) is 4. The average molecular weight is 388 g/mol. The van der Waals surface area contributed by atoms with Gasteiger partial charge in [0.2, 0.25) is 5.91 Å². The summed E-state index contributed by atoms with van der Waals surface area (Å²) in [6.45, 7) is 11.1. The first-order chi connectivity index (χ1) is 13.4. The fourth-order valence-corrected chi connectivity index (χ4v) is 3.72. The van der Waals surface area contributed by atoms with Gasteiger partial charge in [-0.05, 0) is 26.3 Å². The van der Waals surface area contributed by atoms with Gasteiger partial charge in [-0.25, -0.2) is 0 Å². The van der Waals surface area contributed by atoms with Crippen LogP contribution in [0.5, 0.6) is 0 Å². The predicted molar refractivity (Wildman–Crippen MR) is 111 cm³/mol. The number of rotatable bonds is 6. The molecule has 0 aliphatic carbocycles. The van der Waals surface area contributed by atoms with Crippen LogP contribution in [0.4, 0.5) is 0 Å². The van der Waals surface area contributed by atoms with E-state index < -0.39 is 5.41 Å². The number of carbonyl (C=O) groups excluding carboxylic acids is 1. The normalized spacial score (nSPS) is 23.5. The molecule has 3 N–H and O–H groups in total. The molecule has 2 heterocycles. The molecular formula is C21H33N5O2. The molecule has 1 aromatic rings. The lowest BCUT2D eigenvalue weighted by molar-refractivity contribution is -0.125. The highest BCUT2D eigenvalue weighted by Gasteiger charge is 2.41. The van der Waals surface area contributed by atoms with Gasteiger partial charge in [0.1, 0.15) is 0 Å². The van der Waals surface area contributed by atoms with E-state index in [1.807, 2.05) is 13.8 Å². The second kappa shape index (κ2) is 8.92. The lowest BCUT2D eigenvalue weighted by Gasteiger charge is -2.36.